The summed E-state index contributed by atoms with van der Waals surface area (Å²) in [5, 5.41) is 0. The van der Waals surface area contributed by atoms with Crippen LogP contribution in [0.4, 0.5) is 0 Å². The first-order chi connectivity index (χ1) is 10.8. The van der Waals surface area contributed by atoms with Crippen molar-refractivity contribution in [2.45, 2.75) is 6.92 Å². The van der Waals surface area contributed by atoms with E-state index in [-0.39, 0.29) is 23.0 Å². The van der Waals surface area contributed by atoms with Crippen LogP contribution >= 0.6 is 0 Å². The minimum Gasteiger partial charge on any atom is -0.452 e. The van der Waals surface area contributed by atoms with Crippen LogP contribution in [0.25, 0.3) is 6.08 Å². The molecule has 118 valence electrons. The quantitative estimate of drug-likeness (QED) is 0.639. The van der Waals surface area contributed by atoms with Crippen LogP contribution in [0.15, 0.2) is 48.2 Å². The van der Waals surface area contributed by atoms with Crippen molar-refractivity contribution in [3.8, 4) is 11.5 Å². The van der Waals surface area contributed by atoms with Gasteiger partial charge in [0.2, 0.25) is 5.78 Å². The second kappa shape index (κ2) is 5.55. The zero-order valence-corrected chi connectivity index (χ0v) is 13.4. The minimum absolute atomic E-state index is 0.107. The molecule has 0 saturated heterocycles. The number of aryl methyl sites for hydroxylation is 1. The smallest absolute Gasteiger partial charge is 0.306 e. The molecule has 0 fully saturated rings. The summed E-state index contributed by atoms with van der Waals surface area (Å²) in [6.07, 6.45) is 2.61. The summed E-state index contributed by atoms with van der Waals surface area (Å²) in [7, 11) is -3.63. The Morgan fingerprint density at radius 3 is 2.61 bits per heavy atom. The molecule has 0 atom stereocenters. The van der Waals surface area contributed by atoms with Gasteiger partial charge in [-0.15, -0.1) is 0 Å². The van der Waals surface area contributed by atoms with Gasteiger partial charge in [-0.25, -0.2) is 0 Å². The molecule has 2 aromatic carbocycles. The van der Waals surface area contributed by atoms with Gasteiger partial charge in [-0.1, -0.05) is 29.8 Å². The summed E-state index contributed by atoms with van der Waals surface area (Å²) in [5.41, 5.74) is 2.31. The molecule has 5 nitrogen and oxygen atoms in total. The monoisotopic (exact) mass is 330 g/mol. The molecule has 0 unspecified atom stereocenters. The summed E-state index contributed by atoms with van der Waals surface area (Å²) in [6, 6.07) is 12.0. The zero-order chi connectivity index (χ0) is 16.6. The van der Waals surface area contributed by atoms with Gasteiger partial charge >= 0.3 is 10.1 Å². The van der Waals surface area contributed by atoms with E-state index < -0.39 is 10.1 Å². The third-order valence-electron chi connectivity index (χ3n) is 3.23. The van der Waals surface area contributed by atoms with Crippen LogP contribution in [-0.4, -0.2) is 20.5 Å². The third-order valence-corrected chi connectivity index (χ3v) is 3.72. The highest BCUT2D eigenvalue weighted by molar-refractivity contribution is 7.86. The number of rotatable bonds is 3. The number of hydrogen-bond acceptors (Lipinski definition) is 5. The van der Waals surface area contributed by atoms with Crippen molar-refractivity contribution in [3.63, 3.8) is 0 Å². The first kappa shape index (κ1) is 15.3. The lowest BCUT2D eigenvalue weighted by atomic mass is 10.1. The number of ether oxygens (including phenoxy) is 1. The lowest BCUT2D eigenvalue weighted by Crippen LogP contribution is -2.05. The van der Waals surface area contributed by atoms with E-state index in [2.05, 4.69) is 0 Å². The summed E-state index contributed by atoms with van der Waals surface area (Å²) in [6.45, 7) is 1.96. The van der Waals surface area contributed by atoms with Crippen LogP contribution in [0.5, 0.6) is 11.5 Å². The van der Waals surface area contributed by atoms with Gasteiger partial charge in [-0.05, 0) is 30.7 Å². The van der Waals surface area contributed by atoms with Crippen molar-refractivity contribution in [2.75, 3.05) is 6.26 Å². The van der Waals surface area contributed by atoms with Crippen LogP contribution in [0.3, 0.4) is 0 Å². The highest BCUT2D eigenvalue weighted by atomic mass is 32.2. The Morgan fingerprint density at radius 2 is 1.91 bits per heavy atom. The van der Waals surface area contributed by atoms with Gasteiger partial charge in [-0.3, -0.25) is 4.79 Å². The van der Waals surface area contributed by atoms with Crippen molar-refractivity contribution in [1.82, 2.24) is 0 Å². The van der Waals surface area contributed by atoms with Crippen molar-refractivity contribution < 1.29 is 22.1 Å². The summed E-state index contributed by atoms with van der Waals surface area (Å²) in [4.78, 5) is 12.3. The number of allylic oxidation sites excluding steroid dienone is 1. The fraction of sp³-hybridized carbons (Fsp3) is 0.118. The number of carbonyl (C=O) groups excluding carboxylic acids is 1. The molecule has 0 amide bonds. The Balaban J connectivity index is 1.92. The van der Waals surface area contributed by atoms with Crippen LogP contribution < -0.4 is 8.92 Å². The third kappa shape index (κ3) is 3.43. The first-order valence-corrected chi connectivity index (χ1v) is 8.68. The van der Waals surface area contributed by atoms with Gasteiger partial charge in [0.1, 0.15) is 11.5 Å². The van der Waals surface area contributed by atoms with E-state index in [1.54, 1.807) is 6.08 Å². The Labute approximate surface area is 134 Å². The lowest BCUT2D eigenvalue weighted by molar-refractivity contribution is 0.101. The Morgan fingerprint density at radius 1 is 1.13 bits per heavy atom. The molecule has 1 heterocycles. The van der Waals surface area contributed by atoms with E-state index >= 15 is 0 Å². The molecule has 0 N–H and O–H groups in total. The van der Waals surface area contributed by atoms with Crippen molar-refractivity contribution in [3.05, 3.63) is 64.9 Å². The SMILES string of the molecule is Cc1cccc(C=C2Oc3cc(OS(C)(=O)=O)ccc3C2=O)c1. The fourth-order valence-electron chi connectivity index (χ4n) is 2.31. The van der Waals surface area contributed by atoms with Gasteiger partial charge in [-0.2, -0.15) is 8.42 Å². The van der Waals surface area contributed by atoms with E-state index in [0.29, 0.717) is 5.56 Å². The molecule has 0 spiro atoms. The topological polar surface area (TPSA) is 69.7 Å². The standard InChI is InChI=1S/C17H14O5S/c1-11-4-3-5-12(8-11)9-16-17(18)14-7-6-13(10-15(14)21-16)22-23(2,19)20/h3-10H,1-2H3. The maximum Gasteiger partial charge on any atom is 0.306 e. The molecule has 1 aliphatic heterocycles. The van der Waals surface area contributed by atoms with E-state index in [1.165, 1.54) is 18.2 Å². The van der Waals surface area contributed by atoms with E-state index in [9.17, 15) is 13.2 Å². The zero-order valence-electron chi connectivity index (χ0n) is 12.6. The van der Waals surface area contributed by atoms with Crippen molar-refractivity contribution in [2.24, 2.45) is 0 Å². The predicted molar refractivity (Wildman–Crippen MR) is 86.0 cm³/mol. The molecule has 2 aromatic rings. The number of carbonyl (C=O) groups is 1. The number of fused-ring (bicyclic) bond motifs is 1. The molecule has 0 aromatic heterocycles. The molecule has 0 aliphatic carbocycles. The van der Waals surface area contributed by atoms with Gasteiger partial charge < -0.3 is 8.92 Å². The van der Waals surface area contributed by atoms with Gasteiger partial charge in [0.25, 0.3) is 0 Å². The average Bonchev–Trinajstić information content (AvgIpc) is 2.73. The number of ketones is 1. The Hall–Kier alpha value is -2.60. The van der Waals surface area contributed by atoms with Gasteiger partial charge in [0.15, 0.2) is 5.76 Å². The van der Waals surface area contributed by atoms with Crippen molar-refractivity contribution in [1.29, 1.82) is 0 Å². The van der Waals surface area contributed by atoms with E-state index in [4.69, 9.17) is 8.92 Å². The molecule has 6 heteroatoms. The van der Waals surface area contributed by atoms with Crippen LogP contribution in [-0.2, 0) is 10.1 Å². The Bertz CT molecular complexity index is 926. The summed E-state index contributed by atoms with van der Waals surface area (Å²) >= 11 is 0. The highest BCUT2D eigenvalue weighted by Crippen LogP contribution is 2.35. The van der Waals surface area contributed by atoms with Crippen LogP contribution in [0.1, 0.15) is 21.5 Å². The van der Waals surface area contributed by atoms with Gasteiger partial charge in [0, 0.05) is 6.07 Å². The van der Waals surface area contributed by atoms with E-state index in [0.717, 1.165) is 17.4 Å². The molecular formula is C17H14O5S. The summed E-state index contributed by atoms with van der Waals surface area (Å²) in [5.74, 6) is 0.348. The molecule has 0 radical (unpaired) electrons. The largest absolute Gasteiger partial charge is 0.452 e. The predicted octanol–water partition coefficient (Wildman–Crippen LogP) is 2.95. The molecule has 3 rings (SSSR count). The molecule has 23 heavy (non-hydrogen) atoms. The molecule has 0 saturated carbocycles. The van der Waals surface area contributed by atoms with Gasteiger partial charge in [0.05, 0.1) is 11.8 Å². The number of hydrogen-bond donors (Lipinski definition) is 0. The maximum atomic E-state index is 12.3. The minimum atomic E-state index is -3.63. The molecule has 1 aliphatic rings. The fourth-order valence-corrected chi connectivity index (χ4v) is 2.76. The van der Waals surface area contributed by atoms with Crippen molar-refractivity contribution >= 4 is 22.0 Å². The second-order valence-electron chi connectivity index (χ2n) is 5.30. The van der Waals surface area contributed by atoms with Crippen LogP contribution in [0.2, 0.25) is 0 Å². The molecular weight excluding hydrogens is 316 g/mol. The molecule has 0 bridgehead atoms. The van der Waals surface area contributed by atoms with Crippen LogP contribution in [0, 0.1) is 6.92 Å². The highest BCUT2D eigenvalue weighted by Gasteiger charge is 2.28. The number of benzene rings is 2. The Kier molecular flexibility index (Phi) is 3.69. The number of Topliss-reactive ketones (excluding diaryl/α,β-unsaturated/α-hetero) is 1. The lowest BCUT2D eigenvalue weighted by Gasteiger charge is -2.04. The normalized spacial score (nSPS) is 15.4. The van der Waals surface area contributed by atoms with E-state index in [1.807, 2.05) is 31.2 Å². The average molecular weight is 330 g/mol. The first-order valence-electron chi connectivity index (χ1n) is 6.86. The summed E-state index contributed by atoms with van der Waals surface area (Å²) < 4.78 is 32.7. The second-order valence-corrected chi connectivity index (χ2v) is 6.87. The maximum absolute atomic E-state index is 12.3.